The minimum Gasteiger partial charge on any atom is -0.496 e. The van der Waals surface area contributed by atoms with E-state index in [0.29, 0.717) is 30.2 Å². The predicted molar refractivity (Wildman–Crippen MR) is 87.6 cm³/mol. The molecular formula is C16H21FN4O3. The minimum atomic E-state index is -0.431. The number of hydrogen-bond donors (Lipinski definition) is 2. The maximum Gasteiger partial charge on any atom is 0.319 e. The van der Waals surface area contributed by atoms with Crippen LogP contribution in [0.3, 0.4) is 0 Å². The fraction of sp³-hybridized carbons (Fsp3) is 0.375. The number of urea groups is 1. The molecule has 0 saturated heterocycles. The third-order valence-electron chi connectivity index (χ3n) is 3.42. The Labute approximate surface area is 139 Å². The summed E-state index contributed by atoms with van der Waals surface area (Å²) in [4.78, 5) is 12.1. The molecule has 1 aromatic heterocycles. The number of nitrogens with zero attached hydrogens (tertiary/aromatic N) is 2. The number of hydrogen-bond acceptors (Lipinski definition) is 4. The molecule has 2 rings (SSSR count). The minimum absolute atomic E-state index is 0.390. The third-order valence-corrected chi connectivity index (χ3v) is 3.42. The molecule has 1 heterocycles. The summed E-state index contributed by atoms with van der Waals surface area (Å²) in [6.07, 6.45) is 3.24. The molecule has 2 N–H and O–H groups in total. The Hall–Kier alpha value is -2.61. The standard InChI is InChI=1S/C16H21FN4O3/c1-11(14-8-12(17)4-5-15(14)24-3)19-16(22)20-13-9-18-21(10-13)6-7-23-2/h4-5,8-11H,6-7H2,1-3H3,(H2,19,20,22). The quantitative estimate of drug-likeness (QED) is 0.815. The first-order valence-electron chi connectivity index (χ1n) is 7.46. The van der Waals surface area contributed by atoms with E-state index in [0.717, 1.165) is 0 Å². The molecule has 0 spiro atoms. The van der Waals surface area contributed by atoms with Gasteiger partial charge in [0.15, 0.2) is 0 Å². The summed E-state index contributed by atoms with van der Waals surface area (Å²) in [5, 5.41) is 9.53. The van der Waals surface area contributed by atoms with Gasteiger partial charge in [0.05, 0.1) is 38.2 Å². The average molecular weight is 336 g/mol. The summed E-state index contributed by atoms with van der Waals surface area (Å²) < 4.78 is 25.3. The highest BCUT2D eigenvalue weighted by Crippen LogP contribution is 2.25. The summed E-state index contributed by atoms with van der Waals surface area (Å²) in [5.41, 5.74) is 1.12. The van der Waals surface area contributed by atoms with E-state index in [2.05, 4.69) is 15.7 Å². The Morgan fingerprint density at radius 2 is 2.21 bits per heavy atom. The molecule has 0 bridgehead atoms. The van der Waals surface area contributed by atoms with Gasteiger partial charge in [0.2, 0.25) is 0 Å². The summed E-state index contributed by atoms with van der Waals surface area (Å²) in [6.45, 7) is 2.87. The summed E-state index contributed by atoms with van der Waals surface area (Å²) in [7, 11) is 3.11. The number of rotatable bonds is 7. The van der Waals surface area contributed by atoms with Gasteiger partial charge in [-0.15, -0.1) is 0 Å². The monoisotopic (exact) mass is 336 g/mol. The van der Waals surface area contributed by atoms with Gasteiger partial charge in [0.1, 0.15) is 11.6 Å². The van der Waals surface area contributed by atoms with E-state index >= 15 is 0 Å². The van der Waals surface area contributed by atoms with Crippen molar-refractivity contribution in [1.29, 1.82) is 0 Å². The number of amides is 2. The van der Waals surface area contributed by atoms with E-state index in [1.807, 2.05) is 0 Å². The molecule has 0 aliphatic carbocycles. The van der Waals surface area contributed by atoms with Crippen molar-refractivity contribution in [2.24, 2.45) is 0 Å². The van der Waals surface area contributed by atoms with Crippen molar-refractivity contribution in [3.8, 4) is 5.75 Å². The van der Waals surface area contributed by atoms with Crippen LogP contribution in [0.15, 0.2) is 30.6 Å². The number of aromatic nitrogens is 2. The van der Waals surface area contributed by atoms with Crippen LogP contribution in [0.25, 0.3) is 0 Å². The van der Waals surface area contributed by atoms with Gasteiger partial charge in [-0.3, -0.25) is 4.68 Å². The lowest BCUT2D eigenvalue weighted by Crippen LogP contribution is -2.31. The van der Waals surface area contributed by atoms with Crippen molar-refractivity contribution in [3.63, 3.8) is 0 Å². The predicted octanol–water partition coefficient (Wildman–Crippen LogP) is 2.56. The number of methoxy groups -OCH3 is 2. The fourth-order valence-corrected chi connectivity index (χ4v) is 2.22. The zero-order valence-corrected chi connectivity index (χ0v) is 13.9. The van der Waals surface area contributed by atoms with E-state index in [-0.39, 0.29) is 5.82 Å². The van der Waals surface area contributed by atoms with Gasteiger partial charge >= 0.3 is 6.03 Å². The van der Waals surface area contributed by atoms with Crippen molar-refractivity contribution in [1.82, 2.24) is 15.1 Å². The number of carbonyl (C=O) groups is 1. The van der Waals surface area contributed by atoms with E-state index < -0.39 is 12.1 Å². The largest absolute Gasteiger partial charge is 0.496 e. The Kier molecular flexibility index (Phi) is 6.14. The lowest BCUT2D eigenvalue weighted by molar-refractivity contribution is 0.183. The summed E-state index contributed by atoms with van der Waals surface area (Å²) in [5.74, 6) is 0.121. The van der Waals surface area contributed by atoms with Crippen molar-refractivity contribution < 1.29 is 18.7 Å². The van der Waals surface area contributed by atoms with Crippen LogP contribution < -0.4 is 15.4 Å². The van der Waals surface area contributed by atoms with Crippen LogP contribution in [0.4, 0.5) is 14.9 Å². The molecule has 0 aliphatic rings. The van der Waals surface area contributed by atoms with Gasteiger partial charge in [-0.1, -0.05) is 0 Å². The smallest absolute Gasteiger partial charge is 0.319 e. The van der Waals surface area contributed by atoms with Crippen molar-refractivity contribution in [3.05, 3.63) is 42.0 Å². The summed E-state index contributed by atoms with van der Waals surface area (Å²) in [6, 6.07) is 3.33. The van der Waals surface area contributed by atoms with Crippen LogP contribution in [0.1, 0.15) is 18.5 Å². The van der Waals surface area contributed by atoms with Gasteiger partial charge < -0.3 is 20.1 Å². The normalized spacial score (nSPS) is 11.8. The first-order valence-corrected chi connectivity index (χ1v) is 7.46. The maximum absolute atomic E-state index is 13.4. The number of anilines is 1. The molecule has 1 unspecified atom stereocenters. The number of halogens is 1. The van der Waals surface area contributed by atoms with E-state index in [1.165, 1.54) is 25.3 Å². The molecule has 0 fully saturated rings. The summed E-state index contributed by atoms with van der Waals surface area (Å²) >= 11 is 0. The molecular weight excluding hydrogens is 315 g/mol. The molecule has 130 valence electrons. The SMILES string of the molecule is COCCn1cc(NC(=O)NC(C)c2cc(F)ccc2OC)cn1. The van der Waals surface area contributed by atoms with Gasteiger partial charge in [0, 0.05) is 18.9 Å². The zero-order chi connectivity index (χ0) is 17.5. The Balaban J connectivity index is 1.96. The molecule has 0 aliphatic heterocycles. The van der Waals surface area contributed by atoms with Crippen LogP contribution in [0.5, 0.6) is 5.75 Å². The molecule has 1 aromatic carbocycles. The molecule has 1 atom stereocenters. The third kappa shape index (κ3) is 4.69. The second-order valence-corrected chi connectivity index (χ2v) is 5.19. The lowest BCUT2D eigenvalue weighted by Gasteiger charge is -2.17. The number of carbonyl (C=O) groups excluding carboxylic acids is 1. The highest BCUT2D eigenvalue weighted by atomic mass is 19.1. The average Bonchev–Trinajstić information content (AvgIpc) is 2.99. The van der Waals surface area contributed by atoms with Gasteiger partial charge in [0.25, 0.3) is 0 Å². The van der Waals surface area contributed by atoms with Crippen molar-refractivity contribution in [2.45, 2.75) is 19.5 Å². The van der Waals surface area contributed by atoms with E-state index in [4.69, 9.17) is 9.47 Å². The topological polar surface area (TPSA) is 77.4 Å². The van der Waals surface area contributed by atoms with E-state index in [1.54, 1.807) is 31.1 Å². The van der Waals surface area contributed by atoms with Crippen LogP contribution in [-0.2, 0) is 11.3 Å². The number of ether oxygens (including phenoxy) is 2. The molecule has 7 nitrogen and oxygen atoms in total. The molecule has 2 amide bonds. The van der Waals surface area contributed by atoms with Gasteiger partial charge in [-0.2, -0.15) is 5.10 Å². The Morgan fingerprint density at radius 1 is 1.42 bits per heavy atom. The molecule has 24 heavy (non-hydrogen) atoms. The second-order valence-electron chi connectivity index (χ2n) is 5.19. The number of nitrogens with one attached hydrogen (secondary N) is 2. The van der Waals surface area contributed by atoms with Crippen LogP contribution in [0, 0.1) is 5.82 Å². The van der Waals surface area contributed by atoms with Gasteiger partial charge in [-0.05, 0) is 25.1 Å². The zero-order valence-electron chi connectivity index (χ0n) is 13.9. The molecule has 2 aromatic rings. The Morgan fingerprint density at radius 3 is 2.92 bits per heavy atom. The highest BCUT2D eigenvalue weighted by Gasteiger charge is 2.15. The van der Waals surface area contributed by atoms with Gasteiger partial charge in [-0.25, -0.2) is 9.18 Å². The molecule has 0 saturated carbocycles. The van der Waals surface area contributed by atoms with Crippen LogP contribution in [-0.4, -0.2) is 36.6 Å². The lowest BCUT2D eigenvalue weighted by atomic mass is 10.1. The second kappa shape index (κ2) is 8.30. The number of benzene rings is 1. The van der Waals surface area contributed by atoms with Crippen molar-refractivity contribution >= 4 is 11.7 Å². The fourth-order valence-electron chi connectivity index (χ4n) is 2.22. The van der Waals surface area contributed by atoms with Crippen LogP contribution in [0.2, 0.25) is 0 Å². The van der Waals surface area contributed by atoms with Crippen molar-refractivity contribution in [2.75, 3.05) is 26.1 Å². The first kappa shape index (κ1) is 17.7. The van der Waals surface area contributed by atoms with E-state index in [9.17, 15) is 9.18 Å². The highest BCUT2D eigenvalue weighted by molar-refractivity contribution is 5.89. The molecule has 0 radical (unpaired) electrons. The maximum atomic E-state index is 13.4. The Bertz CT molecular complexity index is 690. The van der Waals surface area contributed by atoms with Crippen LogP contribution >= 0.6 is 0 Å². The molecule has 8 heteroatoms. The first-order chi connectivity index (χ1) is 11.5.